The van der Waals surface area contributed by atoms with Crippen molar-refractivity contribution in [1.29, 1.82) is 0 Å². The number of aryl methyl sites for hydroxylation is 1. The van der Waals surface area contributed by atoms with Crippen LogP contribution in [0.3, 0.4) is 0 Å². The molecule has 0 saturated carbocycles. The molecule has 0 aliphatic rings. The fourth-order valence-corrected chi connectivity index (χ4v) is 3.42. The van der Waals surface area contributed by atoms with Gasteiger partial charge in [0.2, 0.25) is 0 Å². The van der Waals surface area contributed by atoms with Crippen LogP contribution in [0.4, 0.5) is 5.69 Å². The van der Waals surface area contributed by atoms with Crippen molar-refractivity contribution in [3.63, 3.8) is 0 Å². The summed E-state index contributed by atoms with van der Waals surface area (Å²) in [6.45, 7) is 1.96. The van der Waals surface area contributed by atoms with Crippen LogP contribution in [0.2, 0.25) is 5.02 Å². The molecule has 0 heterocycles. The van der Waals surface area contributed by atoms with E-state index in [1.807, 2.05) is 37.3 Å². The summed E-state index contributed by atoms with van der Waals surface area (Å²) >= 11 is 13.0. The first kappa shape index (κ1) is 16.3. The Kier molecular flexibility index (Phi) is 5.67. The Morgan fingerprint density at radius 1 is 1.19 bits per heavy atom. The average molecular weight is 433 g/mol. The van der Waals surface area contributed by atoms with Crippen LogP contribution < -0.4 is 10.2 Å². The van der Waals surface area contributed by atoms with E-state index in [4.69, 9.17) is 16.3 Å². The van der Waals surface area contributed by atoms with Gasteiger partial charge in [-0.05, 0) is 74.2 Å². The van der Waals surface area contributed by atoms with Gasteiger partial charge in [-0.15, -0.1) is 0 Å². The number of hydrogen-bond acceptors (Lipinski definition) is 3. The zero-order valence-electron chi connectivity index (χ0n) is 11.5. The fourth-order valence-electron chi connectivity index (χ4n) is 1.69. The largest absolute Gasteiger partial charge is 0.494 e. The lowest BCUT2D eigenvalue weighted by molar-refractivity contribution is 0.409. The van der Waals surface area contributed by atoms with Gasteiger partial charge in [0.15, 0.2) is 0 Å². The van der Waals surface area contributed by atoms with E-state index >= 15 is 0 Å². The topological polar surface area (TPSA) is 33.6 Å². The molecule has 0 bridgehead atoms. The lowest BCUT2D eigenvalue weighted by Crippen LogP contribution is -1.93. The molecule has 0 atom stereocenters. The Morgan fingerprint density at radius 2 is 1.86 bits per heavy atom. The molecule has 0 radical (unpaired) electrons. The molecule has 2 aromatic carbocycles. The SMILES string of the molecule is COc1c(Br)cc(/C=N/Nc2ccc(C)c(Cl)c2)cc1Br. The lowest BCUT2D eigenvalue weighted by atomic mass is 10.2. The van der Waals surface area contributed by atoms with Crippen LogP contribution in [0, 0.1) is 6.92 Å². The van der Waals surface area contributed by atoms with E-state index in [9.17, 15) is 0 Å². The summed E-state index contributed by atoms with van der Waals surface area (Å²) in [5, 5.41) is 4.92. The molecule has 21 heavy (non-hydrogen) atoms. The van der Waals surface area contributed by atoms with Crippen LogP contribution in [0.15, 0.2) is 44.4 Å². The zero-order chi connectivity index (χ0) is 15.4. The van der Waals surface area contributed by atoms with Crippen LogP contribution in [0.1, 0.15) is 11.1 Å². The molecule has 0 spiro atoms. The zero-order valence-corrected chi connectivity index (χ0v) is 15.4. The molecule has 0 aromatic heterocycles. The molecule has 2 rings (SSSR count). The molecule has 1 N–H and O–H groups in total. The molecule has 0 aliphatic carbocycles. The van der Waals surface area contributed by atoms with E-state index in [-0.39, 0.29) is 0 Å². The Hall–Kier alpha value is -1.04. The van der Waals surface area contributed by atoms with Crippen LogP contribution in [-0.4, -0.2) is 13.3 Å². The van der Waals surface area contributed by atoms with Gasteiger partial charge in [0, 0.05) is 5.02 Å². The Balaban J connectivity index is 2.12. The minimum Gasteiger partial charge on any atom is -0.494 e. The highest BCUT2D eigenvalue weighted by Crippen LogP contribution is 2.33. The second-order valence-corrected chi connectivity index (χ2v) is 6.47. The molecule has 6 heteroatoms. The smallest absolute Gasteiger partial charge is 0.147 e. The van der Waals surface area contributed by atoms with Crippen molar-refractivity contribution in [3.8, 4) is 5.75 Å². The predicted molar refractivity (Wildman–Crippen MR) is 95.8 cm³/mol. The second-order valence-electron chi connectivity index (χ2n) is 4.35. The number of nitrogens with one attached hydrogen (secondary N) is 1. The first-order valence-electron chi connectivity index (χ1n) is 6.09. The molecule has 3 nitrogen and oxygen atoms in total. The average Bonchev–Trinajstić information content (AvgIpc) is 2.42. The number of anilines is 1. The third kappa shape index (κ3) is 4.22. The highest BCUT2D eigenvalue weighted by atomic mass is 79.9. The number of ether oxygens (including phenoxy) is 1. The van der Waals surface area contributed by atoms with Crippen LogP contribution >= 0.6 is 43.5 Å². The van der Waals surface area contributed by atoms with Crippen molar-refractivity contribution in [1.82, 2.24) is 0 Å². The fraction of sp³-hybridized carbons (Fsp3) is 0.133. The van der Waals surface area contributed by atoms with Gasteiger partial charge in [-0.1, -0.05) is 17.7 Å². The van der Waals surface area contributed by atoms with Crippen molar-refractivity contribution in [2.45, 2.75) is 6.92 Å². The van der Waals surface area contributed by atoms with E-state index < -0.39 is 0 Å². The second kappa shape index (κ2) is 7.29. The third-order valence-electron chi connectivity index (χ3n) is 2.80. The van der Waals surface area contributed by atoms with Gasteiger partial charge in [-0.25, -0.2) is 0 Å². The molecule has 110 valence electrons. The maximum Gasteiger partial charge on any atom is 0.147 e. The van der Waals surface area contributed by atoms with Crippen molar-refractivity contribution in [2.24, 2.45) is 5.10 Å². The molecule has 0 aliphatic heterocycles. The quantitative estimate of drug-likeness (QED) is 0.502. The molecular formula is C15H13Br2ClN2O. The molecule has 0 unspecified atom stereocenters. The van der Waals surface area contributed by atoms with Gasteiger partial charge < -0.3 is 4.74 Å². The molecule has 0 saturated heterocycles. The number of hydrazone groups is 1. The van der Waals surface area contributed by atoms with Crippen molar-refractivity contribution >= 4 is 55.4 Å². The molecule has 0 amide bonds. The highest BCUT2D eigenvalue weighted by Gasteiger charge is 2.06. The minimum atomic E-state index is 0.713. The number of hydrogen-bond donors (Lipinski definition) is 1. The van der Waals surface area contributed by atoms with E-state index in [2.05, 4.69) is 42.4 Å². The monoisotopic (exact) mass is 430 g/mol. The summed E-state index contributed by atoms with van der Waals surface area (Å²) in [5.74, 6) is 0.755. The molecule has 2 aromatic rings. The number of methoxy groups -OCH3 is 1. The first-order valence-corrected chi connectivity index (χ1v) is 8.06. The van der Waals surface area contributed by atoms with Gasteiger partial charge in [-0.3, -0.25) is 5.43 Å². The van der Waals surface area contributed by atoms with Gasteiger partial charge in [-0.2, -0.15) is 5.10 Å². The Labute approximate surface area is 145 Å². The normalized spacial score (nSPS) is 10.9. The van der Waals surface area contributed by atoms with Gasteiger partial charge in [0.1, 0.15) is 5.75 Å². The molecular weight excluding hydrogens is 419 g/mol. The van der Waals surface area contributed by atoms with Crippen molar-refractivity contribution in [2.75, 3.05) is 12.5 Å². The Morgan fingerprint density at radius 3 is 2.43 bits per heavy atom. The van der Waals surface area contributed by atoms with E-state index in [0.717, 1.165) is 31.5 Å². The van der Waals surface area contributed by atoms with E-state index in [1.54, 1.807) is 13.3 Å². The van der Waals surface area contributed by atoms with Crippen LogP contribution in [0.5, 0.6) is 5.75 Å². The molecule has 0 fully saturated rings. The predicted octanol–water partition coefficient (Wildman–Crippen LogP) is 5.63. The van der Waals surface area contributed by atoms with Gasteiger partial charge in [0.25, 0.3) is 0 Å². The summed E-state index contributed by atoms with van der Waals surface area (Å²) < 4.78 is 6.98. The highest BCUT2D eigenvalue weighted by molar-refractivity contribution is 9.11. The first-order chi connectivity index (χ1) is 10.0. The number of benzene rings is 2. The Bertz CT molecular complexity index is 666. The minimum absolute atomic E-state index is 0.713. The number of halogens is 3. The van der Waals surface area contributed by atoms with Gasteiger partial charge >= 0.3 is 0 Å². The van der Waals surface area contributed by atoms with Crippen molar-refractivity contribution < 1.29 is 4.74 Å². The summed E-state index contributed by atoms with van der Waals surface area (Å²) in [5.41, 5.74) is 5.76. The van der Waals surface area contributed by atoms with Crippen LogP contribution in [0.25, 0.3) is 0 Å². The maximum absolute atomic E-state index is 6.07. The third-order valence-corrected chi connectivity index (χ3v) is 4.39. The lowest BCUT2D eigenvalue weighted by Gasteiger charge is -2.07. The summed E-state index contributed by atoms with van der Waals surface area (Å²) in [6.07, 6.45) is 1.72. The number of rotatable bonds is 4. The van der Waals surface area contributed by atoms with Gasteiger partial charge in [0.05, 0.1) is 28.0 Å². The number of nitrogens with zero attached hydrogens (tertiary/aromatic N) is 1. The van der Waals surface area contributed by atoms with Crippen LogP contribution in [-0.2, 0) is 0 Å². The van der Waals surface area contributed by atoms with Crippen molar-refractivity contribution in [3.05, 3.63) is 55.4 Å². The summed E-state index contributed by atoms with van der Waals surface area (Å²) in [7, 11) is 1.63. The summed E-state index contributed by atoms with van der Waals surface area (Å²) in [4.78, 5) is 0. The van der Waals surface area contributed by atoms with E-state index in [0.29, 0.717) is 5.02 Å². The summed E-state index contributed by atoms with van der Waals surface area (Å²) in [6, 6.07) is 9.57. The van der Waals surface area contributed by atoms with E-state index in [1.165, 1.54) is 0 Å². The maximum atomic E-state index is 6.07. The standard InChI is InChI=1S/C15H13Br2ClN2O/c1-9-3-4-11(7-14(9)18)20-19-8-10-5-12(16)15(21-2)13(17)6-10/h3-8,20H,1-2H3/b19-8+.